The first kappa shape index (κ1) is 17.9. The Morgan fingerprint density at radius 3 is 2.93 bits per heavy atom. The molecule has 27 heavy (non-hydrogen) atoms. The predicted octanol–water partition coefficient (Wildman–Crippen LogP) is 1.34. The first-order chi connectivity index (χ1) is 13.0. The van der Waals surface area contributed by atoms with Crippen LogP contribution in [0.2, 0.25) is 0 Å². The van der Waals surface area contributed by atoms with Crippen LogP contribution in [0.15, 0.2) is 11.7 Å². The zero-order valence-electron chi connectivity index (χ0n) is 15.4. The fourth-order valence-electron chi connectivity index (χ4n) is 4.11. The van der Waals surface area contributed by atoms with E-state index in [0.29, 0.717) is 25.3 Å². The third-order valence-electron chi connectivity index (χ3n) is 5.46. The average molecular weight is 389 g/mol. The maximum absolute atomic E-state index is 12.9. The molecule has 2 aromatic rings. The number of carbonyl (C=O) groups is 2. The molecule has 2 aromatic heterocycles. The molecule has 3 amide bonds. The lowest BCUT2D eigenvalue weighted by molar-refractivity contribution is 0.0729. The molecule has 2 atom stereocenters. The maximum atomic E-state index is 12.9. The Kier molecular flexibility index (Phi) is 4.58. The van der Waals surface area contributed by atoms with Gasteiger partial charge < -0.3 is 15.5 Å². The minimum Gasteiger partial charge on any atom is -0.338 e. The summed E-state index contributed by atoms with van der Waals surface area (Å²) in [4.78, 5) is 35.7. The summed E-state index contributed by atoms with van der Waals surface area (Å²) in [6.07, 6.45) is 3.17. The SMILES string of the molecule is CCNC(=O)N[C@H]1c2ncnn2CC[C@@]12CCN(C(=O)c1csc(C)n1)C2. The maximum Gasteiger partial charge on any atom is 0.315 e. The molecule has 0 bridgehead atoms. The Balaban J connectivity index is 1.59. The van der Waals surface area contributed by atoms with Crippen molar-refractivity contribution >= 4 is 23.3 Å². The van der Waals surface area contributed by atoms with Crippen molar-refractivity contribution in [3.63, 3.8) is 0 Å². The van der Waals surface area contributed by atoms with E-state index >= 15 is 0 Å². The largest absolute Gasteiger partial charge is 0.338 e. The van der Waals surface area contributed by atoms with E-state index < -0.39 is 0 Å². The third kappa shape index (κ3) is 3.18. The van der Waals surface area contributed by atoms with Gasteiger partial charge in [0.2, 0.25) is 0 Å². The fourth-order valence-corrected chi connectivity index (χ4v) is 4.70. The van der Waals surface area contributed by atoms with Gasteiger partial charge in [0, 0.05) is 37.0 Å². The lowest BCUT2D eigenvalue weighted by atomic mass is 9.74. The summed E-state index contributed by atoms with van der Waals surface area (Å²) in [5.41, 5.74) is 0.260. The van der Waals surface area contributed by atoms with Crippen molar-refractivity contribution in [2.45, 2.75) is 39.3 Å². The van der Waals surface area contributed by atoms with E-state index in [2.05, 4.69) is 25.7 Å². The van der Waals surface area contributed by atoms with Crippen LogP contribution >= 0.6 is 11.3 Å². The van der Waals surface area contributed by atoms with Crippen LogP contribution in [-0.4, -0.2) is 56.2 Å². The number of aryl methyl sites for hydroxylation is 2. The topological polar surface area (TPSA) is 105 Å². The van der Waals surface area contributed by atoms with Crippen LogP contribution in [0.5, 0.6) is 0 Å². The van der Waals surface area contributed by atoms with Crippen LogP contribution in [0.3, 0.4) is 0 Å². The van der Waals surface area contributed by atoms with E-state index in [1.165, 1.54) is 17.7 Å². The van der Waals surface area contributed by atoms with Gasteiger partial charge in [-0.3, -0.25) is 4.79 Å². The number of amides is 3. The van der Waals surface area contributed by atoms with E-state index in [1.54, 1.807) is 0 Å². The van der Waals surface area contributed by atoms with Crippen LogP contribution in [0.1, 0.15) is 47.1 Å². The van der Waals surface area contributed by atoms with Crippen LogP contribution in [0.25, 0.3) is 0 Å². The van der Waals surface area contributed by atoms with Gasteiger partial charge >= 0.3 is 6.03 Å². The fraction of sp³-hybridized carbons (Fsp3) is 0.588. The molecule has 4 heterocycles. The molecule has 1 spiro atoms. The van der Waals surface area contributed by atoms with E-state index in [-0.39, 0.29) is 23.4 Å². The highest BCUT2D eigenvalue weighted by Gasteiger charge is 2.51. The number of rotatable bonds is 3. The van der Waals surface area contributed by atoms with Crippen molar-refractivity contribution in [2.75, 3.05) is 19.6 Å². The number of nitrogens with one attached hydrogen (secondary N) is 2. The van der Waals surface area contributed by atoms with E-state index in [0.717, 1.165) is 30.2 Å². The molecule has 9 nitrogen and oxygen atoms in total. The molecule has 2 N–H and O–H groups in total. The van der Waals surface area contributed by atoms with Crippen molar-refractivity contribution in [2.24, 2.45) is 5.41 Å². The molecule has 0 radical (unpaired) electrons. The van der Waals surface area contributed by atoms with Gasteiger partial charge in [0.25, 0.3) is 5.91 Å². The van der Waals surface area contributed by atoms with Gasteiger partial charge in [-0.1, -0.05) is 0 Å². The van der Waals surface area contributed by atoms with Crippen molar-refractivity contribution in [1.82, 2.24) is 35.3 Å². The molecule has 0 saturated carbocycles. The second-order valence-corrected chi connectivity index (χ2v) is 8.18. The minimum atomic E-state index is -0.282. The number of fused-ring (bicyclic) bond motifs is 1. The van der Waals surface area contributed by atoms with Gasteiger partial charge in [0.1, 0.15) is 17.8 Å². The van der Waals surface area contributed by atoms with Crippen LogP contribution in [0, 0.1) is 12.3 Å². The molecule has 4 rings (SSSR count). The van der Waals surface area contributed by atoms with Crippen molar-refractivity contribution in [3.05, 3.63) is 28.2 Å². The van der Waals surface area contributed by atoms with Crippen LogP contribution < -0.4 is 10.6 Å². The summed E-state index contributed by atoms with van der Waals surface area (Å²) in [7, 11) is 0. The zero-order chi connectivity index (χ0) is 19.0. The van der Waals surface area contributed by atoms with E-state index in [9.17, 15) is 9.59 Å². The van der Waals surface area contributed by atoms with Gasteiger partial charge in [0.15, 0.2) is 0 Å². The van der Waals surface area contributed by atoms with Crippen molar-refractivity contribution in [1.29, 1.82) is 0 Å². The normalized spacial score (nSPS) is 24.1. The second-order valence-electron chi connectivity index (χ2n) is 7.12. The molecule has 0 unspecified atom stereocenters. The summed E-state index contributed by atoms with van der Waals surface area (Å²) in [6.45, 7) is 6.29. The van der Waals surface area contributed by atoms with Gasteiger partial charge in [-0.05, 0) is 26.7 Å². The van der Waals surface area contributed by atoms with Crippen LogP contribution in [-0.2, 0) is 6.54 Å². The number of nitrogens with zero attached hydrogens (tertiary/aromatic N) is 5. The molecule has 2 aliphatic heterocycles. The van der Waals surface area contributed by atoms with Crippen LogP contribution in [0.4, 0.5) is 4.79 Å². The quantitative estimate of drug-likeness (QED) is 0.824. The Labute approximate surface area is 161 Å². The second kappa shape index (κ2) is 6.91. The summed E-state index contributed by atoms with van der Waals surface area (Å²) in [5.74, 6) is 0.714. The number of thiazole rings is 1. The predicted molar refractivity (Wildman–Crippen MR) is 99.4 cm³/mol. The monoisotopic (exact) mass is 389 g/mol. The zero-order valence-corrected chi connectivity index (χ0v) is 16.3. The highest BCUT2D eigenvalue weighted by Crippen LogP contribution is 2.47. The number of aromatic nitrogens is 4. The van der Waals surface area contributed by atoms with Gasteiger partial charge in [0.05, 0.1) is 11.0 Å². The molecule has 0 aliphatic carbocycles. The molecular formula is C17H23N7O2S. The number of urea groups is 1. The summed E-state index contributed by atoms with van der Waals surface area (Å²) in [6, 6.07) is -0.506. The Bertz CT molecular complexity index is 863. The number of hydrogen-bond acceptors (Lipinski definition) is 6. The molecule has 144 valence electrons. The molecule has 10 heteroatoms. The smallest absolute Gasteiger partial charge is 0.315 e. The van der Waals surface area contributed by atoms with Gasteiger partial charge in [-0.15, -0.1) is 11.3 Å². The number of hydrogen-bond donors (Lipinski definition) is 2. The first-order valence-corrected chi connectivity index (χ1v) is 10.0. The first-order valence-electron chi connectivity index (χ1n) is 9.16. The Morgan fingerprint density at radius 2 is 2.19 bits per heavy atom. The molecule has 1 saturated heterocycles. The molecular weight excluding hydrogens is 366 g/mol. The highest BCUT2D eigenvalue weighted by atomic mass is 32.1. The lowest BCUT2D eigenvalue weighted by Crippen LogP contribution is -2.50. The summed E-state index contributed by atoms with van der Waals surface area (Å²) < 4.78 is 1.84. The van der Waals surface area contributed by atoms with Crippen molar-refractivity contribution < 1.29 is 9.59 Å². The number of carbonyl (C=O) groups excluding carboxylic acids is 2. The Morgan fingerprint density at radius 1 is 1.37 bits per heavy atom. The van der Waals surface area contributed by atoms with Gasteiger partial charge in [-0.2, -0.15) is 5.10 Å². The third-order valence-corrected chi connectivity index (χ3v) is 6.23. The number of likely N-dealkylation sites (tertiary alicyclic amines) is 1. The molecule has 1 fully saturated rings. The van der Waals surface area contributed by atoms with Crippen molar-refractivity contribution in [3.8, 4) is 0 Å². The average Bonchev–Trinajstić information content (AvgIpc) is 3.37. The lowest BCUT2D eigenvalue weighted by Gasteiger charge is -2.40. The van der Waals surface area contributed by atoms with E-state index in [4.69, 9.17) is 0 Å². The summed E-state index contributed by atoms with van der Waals surface area (Å²) >= 11 is 1.48. The molecule has 0 aromatic carbocycles. The minimum absolute atomic E-state index is 0.0416. The standard InChI is InChI=1S/C17H23N7O2S/c1-3-18-16(26)22-13-14-19-10-20-24(14)7-5-17(13)4-6-23(9-17)15(25)12-8-27-11(2)21-12/h8,10,13H,3-7,9H2,1-2H3,(H2,18,22,26)/t13-,17+/m0/s1. The molecule has 2 aliphatic rings. The summed E-state index contributed by atoms with van der Waals surface area (Å²) in [5, 5.41) is 12.8. The highest BCUT2D eigenvalue weighted by molar-refractivity contribution is 7.09. The van der Waals surface area contributed by atoms with E-state index in [1.807, 2.05) is 28.8 Å². The Hall–Kier alpha value is -2.49. The van der Waals surface area contributed by atoms with Gasteiger partial charge in [-0.25, -0.2) is 19.4 Å².